The van der Waals surface area contributed by atoms with Crippen molar-refractivity contribution < 1.29 is 9.59 Å². The Bertz CT molecular complexity index is 1000. The third-order valence-electron chi connectivity index (χ3n) is 5.08. The Morgan fingerprint density at radius 3 is 2.50 bits per heavy atom. The van der Waals surface area contributed by atoms with Crippen LogP contribution in [-0.2, 0) is 9.59 Å². The Morgan fingerprint density at radius 1 is 1.00 bits per heavy atom. The van der Waals surface area contributed by atoms with Crippen LogP contribution in [-0.4, -0.2) is 39.5 Å². The summed E-state index contributed by atoms with van der Waals surface area (Å²) in [4.78, 5) is 31.1. The second-order valence-corrected chi connectivity index (χ2v) is 6.92. The number of para-hydroxylation sites is 2. The summed E-state index contributed by atoms with van der Waals surface area (Å²) in [6.45, 7) is 1.17. The predicted molar refractivity (Wildman–Crippen MR) is 109 cm³/mol. The van der Waals surface area contributed by atoms with Crippen LogP contribution >= 0.6 is 0 Å². The van der Waals surface area contributed by atoms with E-state index < -0.39 is 0 Å². The van der Waals surface area contributed by atoms with Gasteiger partial charge in [-0.1, -0.05) is 42.5 Å². The summed E-state index contributed by atoms with van der Waals surface area (Å²) in [6, 6.07) is 17.4. The van der Waals surface area contributed by atoms with Crippen molar-refractivity contribution in [2.24, 2.45) is 5.92 Å². The first-order valence-corrected chi connectivity index (χ1v) is 9.46. The Morgan fingerprint density at radius 2 is 1.71 bits per heavy atom. The largest absolute Gasteiger partial charge is 0.339 e. The lowest BCUT2D eigenvalue weighted by Gasteiger charge is -2.30. The van der Waals surface area contributed by atoms with E-state index in [2.05, 4.69) is 10.4 Å². The molecule has 2 amide bonds. The number of aromatic nitrogens is 2. The van der Waals surface area contributed by atoms with Crippen LogP contribution in [0.25, 0.3) is 17.1 Å². The summed E-state index contributed by atoms with van der Waals surface area (Å²) >= 11 is 0. The van der Waals surface area contributed by atoms with Crippen LogP contribution in [0.3, 0.4) is 0 Å². The lowest BCUT2D eigenvalue weighted by Crippen LogP contribution is -2.41. The highest BCUT2D eigenvalue weighted by atomic mass is 16.2. The van der Waals surface area contributed by atoms with Gasteiger partial charge in [0.05, 0.1) is 11.0 Å². The molecule has 4 rings (SSSR count). The highest BCUT2D eigenvalue weighted by Crippen LogP contribution is 2.19. The highest BCUT2D eigenvalue weighted by Gasteiger charge is 2.27. The first-order chi connectivity index (χ1) is 13.7. The summed E-state index contributed by atoms with van der Waals surface area (Å²) in [5.74, 6) is -0.151. The summed E-state index contributed by atoms with van der Waals surface area (Å²) in [5.41, 5.74) is 5.63. The van der Waals surface area contributed by atoms with Crippen LogP contribution in [0.2, 0.25) is 0 Å². The number of rotatable bonds is 4. The zero-order valence-electron chi connectivity index (χ0n) is 15.5. The molecule has 0 saturated carbocycles. The molecule has 1 aliphatic rings. The zero-order chi connectivity index (χ0) is 19.3. The number of nitrogens with one attached hydrogen (secondary N) is 1. The normalized spacial score (nSPS) is 15.2. The quantitative estimate of drug-likeness (QED) is 0.714. The van der Waals surface area contributed by atoms with Gasteiger partial charge in [0.15, 0.2) is 0 Å². The van der Waals surface area contributed by atoms with Gasteiger partial charge in [-0.2, -0.15) is 0 Å². The Hall–Kier alpha value is -3.41. The molecule has 0 bridgehead atoms. The lowest BCUT2D eigenvalue weighted by molar-refractivity contribution is -0.130. The second kappa shape index (κ2) is 8.08. The average molecular weight is 374 g/mol. The maximum absolute atomic E-state index is 12.6. The van der Waals surface area contributed by atoms with Crippen molar-refractivity contribution in [2.45, 2.75) is 12.8 Å². The molecule has 3 aromatic rings. The van der Waals surface area contributed by atoms with E-state index in [0.717, 1.165) is 16.6 Å². The maximum atomic E-state index is 12.6. The molecule has 0 atom stereocenters. The molecule has 6 heteroatoms. The molecule has 1 fully saturated rings. The number of imidazole rings is 1. The van der Waals surface area contributed by atoms with Gasteiger partial charge < -0.3 is 4.90 Å². The number of fused-ring (bicyclic) bond motifs is 1. The van der Waals surface area contributed by atoms with Gasteiger partial charge in [0.25, 0.3) is 0 Å². The third-order valence-corrected chi connectivity index (χ3v) is 5.08. The van der Waals surface area contributed by atoms with Crippen LogP contribution in [0.15, 0.2) is 67.0 Å². The molecule has 0 unspecified atom stereocenters. The van der Waals surface area contributed by atoms with E-state index in [9.17, 15) is 9.59 Å². The molecule has 142 valence electrons. The number of benzene rings is 2. The molecule has 1 N–H and O–H groups in total. The smallest absolute Gasteiger partial charge is 0.246 e. The van der Waals surface area contributed by atoms with Gasteiger partial charge >= 0.3 is 0 Å². The van der Waals surface area contributed by atoms with Gasteiger partial charge in [0, 0.05) is 25.1 Å². The lowest BCUT2D eigenvalue weighted by atomic mass is 9.96. The van der Waals surface area contributed by atoms with E-state index in [-0.39, 0.29) is 17.7 Å². The predicted octanol–water partition coefficient (Wildman–Crippen LogP) is 3.06. The Balaban J connectivity index is 1.31. The van der Waals surface area contributed by atoms with Gasteiger partial charge in [-0.25, -0.2) is 9.66 Å². The fraction of sp³-hybridized carbons (Fsp3) is 0.227. The molecule has 0 spiro atoms. The maximum Gasteiger partial charge on any atom is 0.246 e. The minimum Gasteiger partial charge on any atom is -0.339 e. The highest BCUT2D eigenvalue weighted by molar-refractivity contribution is 5.92. The van der Waals surface area contributed by atoms with Crippen molar-refractivity contribution in [2.75, 3.05) is 18.5 Å². The molecule has 0 aliphatic carbocycles. The number of hydrogen-bond acceptors (Lipinski definition) is 3. The van der Waals surface area contributed by atoms with Crippen LogP contribution in [0.1, 0.15) is 18.4 Å². The first-order valence-electron chi connectivity index (χ1n) is 9.46. The number of piperidine rings is 1. The molecular formula is C22H22N4O2. The number of carbonyl (C=O) groups is 2. The minimum absolute atomic E-state index is 0.0108. The van der Waals surface area contributed by atoms with E-state index in [0.29, 0.717) is 25.9 Å². The van der Waals surface area contributed by atoms with Gasteiger partial charge in [-0.15, -0.1) is 0 Å². The summed E-state index contributed by atoms with van der Waals surface area (Å²) in [7, 11) is 0. The number of likely N-dealkylation sites (tertiary alicyclic amines) is 1. The monoisotopic (exact) mass is 374 g/mol. The molecule has 1 aliphatic heterocycles. The van der Waals surface area contributed by atoms with Crippen LogP contribution in [0.4, 0.5) is 0 Å². The summed E-state index contributed by atoms with van der Waals surface area (Å²) in [5, 5.41) is 0. The molecule has 1 aromatic heterocycles. The van der Waals surface area contributed by atoms with Gasteiger partial charge in [0.1, 0.15) is 6.33 Å². The summed E-state index contributed by atoms with van der Waals surface area (Å²) in [6.07, 6.45) is 6.36. The SMILES string of the molecule is O=C(Nn1cnc2ccccc21)C1CCN(C(=O)/C=C/c2ccccc2)CC1. The molecule has 2 heterocycles. The number of amides is 2. The standard InChI is InChI=1S/C22H22N4O2/c27-21(11-10-17-6-2-1-3-7-17)25-14-12-18(13-15-25)22(28)24-26-16-23-19-8-4-5-9-20(19)26/h1-11,16,18H,12-15H2,(H,24,28)/b11-10+. The van der Waals surface area contributed by atoms with Crippen molar-refractivity contribution in [3.63, 3.8) is 0 Å². The fourth-order valence-electron chi connectivity index (χ4n) is 3.46. The third kappa shape index (κ3) is 3.96. The first kappa shape index (κ1) is 18.0. The van der Waals surface area contributed by atoms with Gasteiger partial charge in [-0.3, -0.25) is 15.0 Å². The molecule has 6 nitrogen and oxygen atoms in total. The van der Waals surface area contributed by atoms with Crippen molar-refractivity contribution >= 4 is 28.9 Å². The van der Waals surface area contributed by atoms with E-state index >= 15 is 0 Å². The Kier molecular flexibility index (Phi) is 5.19. The zero-order valence-corrected chi connectivity index (χ0v) is 15.5. The minimum atomic E-state index is -0.108. The summed E-state index contributed by atoms with van der Waals surface area (Å²) < 4.78 is 1.66. The van der Waals surface area contributed by atoms with Crippen molar-refractivity contribution in [1.29, 1.82) is 0 Å². The van der Waals surface area contributed by atoms with Gasteiger partial charge in [-0.05, 0) is 36.6 Å². The average Bonchev–Trinajstić information content (AvgIpc) is 3.16. The molecule has 1 saturated heterocycles. The molecular weight excluding hydrogens is 352 g/mol. The van der Waals surface area contributed by atoms with E-state index in [1.807, 2.05) is 60.7 Å². The van der Waals surface area contributed by atoms with Crippen LogP contribution in [0.5, 0.6) is 0 Å². The Labute approximate surface area is 163 Å². The number of carbonyl (C=O) groups excluding carboxylic acids is 2. The number of nitrogens with zero attached hydrogens (tertiary/aromatic N) is 3. The molecule has 2 aromatic carbocycles. The van der Waals surface area contributed by atoms with Crippen molar-refractivity contribution in [1.82, 2.24) is 14.6 Å². The van der Waals surface area contributed by atoms with Crippen molar-refractivity contribution in [3.8, 4) is 0 Å². The van der Waals surface area contributed by atoms with Gasteiger partial charge in [0.2, 0.25) is 11.8 Å². The van der Waals surface area contributed by atoms with Crippen LogP contribution < -0.4 is 5.43 Å². The van der Waals surface area contributed by atoms with Crippen LogP contribution in [0, 0.1) is 5.92 Å². The number of hydrogen-bond donors (Lipinski definition) is 1. The van der Waals surface area contributed by atoms with E-state index in [1.54, 1.807) is 22.0 Å². The topological polar surface area (TPSA) is 67.2 Å². The van der Waals surface area contributed by atoms with E-state index in [1.165, 1.54) is 0 Å². The second-order valence-electron chi connectivity index (χ2n) is 6.92. The van der Waals surface area contributed by atoms with Crippen molar-refractivity contribution in [3.05, 3.63) is 72.6 Å². The fourth-order valence-corrected chi connectivity index (χ4v) is 3.46. The molecule has 0 radical (unpaired) electrons. The molecule has 28 heavy (non-hydrogen) atoms. The van der Waals surface area contributed by atoms with E-state index in [4.69, 9.17) is 0 Å².